The van der Waals surface area contributed by atoms with Gasteiger partial charge in [0.05, 0.1) is 24.0 Å². The fraction of sp³-hybridized carbons (Fsp3) is 0.273. The number of aromatic nitrogens is 2. The van der Waals surface area contributed by atoms with Gasteiger partial charge in [0.2, 0.25) is 0 Å². The lowest BCUT2D eigenvalue weighted by atomic mass is 10.2. The van der Waals surface area contributed by atoms with Crippen LogP contribution < -0.4 is 10.2 Å². The molecule has 160 valence electrons. The predicted octanol–water partition coefficient (Wildman–Crippen LogP) is 3.75. The zero-order chi connectivity index (χ0) is 22.0. The second-order valence-electron chi connectivity index (χ2n) is 7.42. The average molecular weight is 440 g/mol. The number of carbonyl (C=O) groups excluding carboxylic acids is 2. The van der Waals surface area contributed by atoms with Crippen LogP contribution >= 0.6 is 11.3 Å². The molecule has 0 radical (unpaired) electrons. The number of amides is 3. The molecule has 1 aliphatic rings. The molecular weight excluding hydrogens is 417 g/mol. The normalized spacial score (nSPS) is 16.1. The van der Waals surface area contributed by atoms with Gasteiger partial charge in [0.25, 0.3) is 5.91 Å². The van der Waals surface area contributed by atoms with E-state index >= 15 is 0 Å². The van der Waals surface area contributed by atoms with Crippen LogP contribution in [0.5, 0.6) is 0 Å². The third kappa shape index (κ3) is 4.56. The molecule has 0 saturated carbocycles. The number of thiazole rings is 1. The molecule has 4 rings (SSSR count). The van der Waals surface area contributed by atoms with Gasteiger partial charge in [-0.05, 0) is 43.7 Å². The van der Waals surface area contributed by atoms with E-state index in [1.54, 1.807) is 35.1 Å². The van der Waals surface area contributed by atoms with E-state index in [2.05, 4.69) is 15.3 Å². The van der Waals surface area contributed by atoms with Crippen molar-refractivity contribution in [1.29, 1.82) is 0 Å². The molecular formula is C22H22FN5O2S. The molecule has 0 bridgehead atoms. The molecule has 9 heteroatoms. The molecule has 1 saturated heterocycles. The maximum atomic E-state index is 13.1. The standard InChI is InChI=1S/C22H22FN5O2S/c1-14-12-27(13-16-6-8-17(23)9-7-16)22(30)28(14)21-26-15(2)19(31-21)20(29)25-11-18-5-3-4-10-24-18/h3-10,14H,11-13H2,1-2H3,(H,25,29)/t14-/m1/s1. The largest absolute Gasteiger partial charge is 0.346 e. The Labute approximate surface area is 183 Å². The van der Waals surface area contributed by atoms with Crippen LogP contribution in [0, 0.1) is 12.7 Å². The first-order chi connectivity index (χ1) is 14.9. The number of pyridine rings is 1. The molecule has 0 aliphatic carbocycles. The minimum Gasteiger partial charge on any atom is -0.346 e. The number of rotatable bonds is 6. The van der Waals surface area contributed by atoms with Crippen molar-refractivity contribution in [3.05, 3.63) is 76.3 Å². The van der Waals surface area contributed by atoms with Gasteiger partial charge in [-0.2, -0.15) is 0 Å². The summed E-state index contributed by atoms with van der Waals surface area (Å²) in [5, 5.41) is 3.35. The molecule has 1 fully saturated rings. The summed E-state index contributed by atoms with van der Waals surface area (Å²) in [6.45, 7) is 4.94. The fourth-order valence-corrected chi connectivity index (χ4v) is 4.56. The van der Waals surface area contributed by atoms with Gasteiger partial charge in [0.15, 0.2) is 5.13 Å². The van der Waals surface area contributed by atoms with Gasteiger partial charge in [-0.25, -0.2) is 14.2 Å². The highest BCUT2D eigenvalue weighted by Crippen LogP contribution is 2.32. The highest BCUT2D eigenvalue weighted by Gasteiger charge is 2.37. The van der Waals surface area contributed by atoms with E-state index in [0.717, 1.165) is 11.3 Å². The number of nitrogens with one attached hydrogen (secondary N) is 1. The number of aryl methyl sites for hydroxylation is 1. The molecule has 1 atom stereocenters. The van der Waals surface area contributed by atoms with Gasteiger partial charge in [-0.1, -0.05) is 29.5 Å². The number of urea groups is 1. The van der Waals surface area contributed by atoms with Crippen LogP contribution in [-0.4, -0.2) is 39.4 Å². The monoisotopic (exact) mass is 439 g/mol. The van der Waals surface area contributed by atoms with Gasteiger partial charge < -0.3 is 10.2 Å². The van der Waals surface area contributed by atoms with E-state index in [1.165, 1.54) is 23.5 Å². The van der Waals surface area contributed by atoms with Gasteiger partial charge in [0.1, 0.15) is 10.7 Å². The maximum absolute atomic E-state index is 13.1. The van der Waals surface area contributed by atoms with E-state index in [1.807, 2.05) is 25.1 Å². The van der Waals surface area contributed by atoms with Crippen molar-refractivity contribution in [3.8, 4) is 0 Å². The second-order valence-corrected chi connectivity index (χ2v) is 8.40. The summed E-state index contributed by atoms with van der Waals surface area (Å²) in [7, 11) is 0. The lowest BCUT2D eigenvalue weighted by Crippen LogP contribution is -2.33. The highest BCUT2D eigenvalue weighted by molar-refractivity contribution is 7.17. The SMILES string of the molecule is Cc1nc(N2C(=O)N(Cc3ccc(F)cc3)C[C@H]2C)sc1C(=O)NCc1ccccn1. The fourth-order valence-electron chi connectivity index (χ4n) is 3.48. The van der Waals surface area contributed by atoms with Crippen LogP contribution in [0.3, 0.4) is 0 Å². The average Bonchev–Trinajstić information content (AvgIpc) is 3.27. The molecule has 2 aromatic heterocycles. The maximum Gasteiger partial charge on any atom is 0.326 e. The predicted molar refractivity (Wildman–Crippen MR) is 116 cm³/mol. The quantitative estimate of drug-likeness (QED) is 0.635. The molecule has 0 unspecified atom stereocenters. The minimum atomic E-state index is -0.307. The van der Waals surface area contributed by atoms with Crippen LogP contribution in [0.4, 0.5) is 14.3 Å². The van der Waals surface area contributed by atoms with Crippen molar-refractivity contribution in [2.24, 2.45) is 0 Å². The topological polar surface area (TPSA) is 78.4 Å². The number of benzene rings is 1. The van der Waals surface area contributed by atoms with Crippen LogP contribution in [0.1, 0.15) is 33.5 Å². The number of anilines is 1. The molecule has 31 heavy (non-hydrogen) atoms. The Morgan fingerprint density at radius 1 is 1.26 bits per heavy atom. The van der Waals surface area contributed by atoms with Crippen LogP contribution in [-0.2, 0) is 13.1 Å². The summed E-state index contributed by atoms with van der Waals surface area (Å²) < 4.78 is 13.1. The Bertz CT molecular complexity index is 1090. The molecule has 1 aromatic carbocycles. The Kier molecular flexibility index (Phi) is 5.94. The van der Waals surface area contributed by atoms with Crippen LogP contribution in [0.25, 0.3) is 0 Å². The number of hydrogen-bond donors (Lipinski definition) is 1. The van der Waals surface area contributed by atoms with Gasteiger partial charge in [0, 0.05) is 19.3 Å². The Morgan fingerprint density at radius 3 is 2.74 bits per heavy atom. The van der Waals surface area contributed by atoms with Crippen LogP contribution in [0.15, 0.2) is 48.7 Å². The molecule has 1 aliphatic heterocycles. The molecule has 3 heterocycles. The third-order valence-electron chi connectivity index (χ3n) is 5.04. The van der Waals surface area contributed by atoms with Crippen molar-refractivity contribution in [1.82, 2.24) is 20.2 Å². The number of hydrogen-bond acceptors (Lipinski definition) is 5. The van der Waals surface area contributed by atoms with Crippen molar-refractivity contribution in [3.63, 3.8) is 0 Å². The smallest absolute Gasteiger partial charge is 0.326 e. The van der Waals surface area contributed by atoms with Gasteiger partial charge >= 0.3 is 6.03 Å². The summed E-state index contributed by atoms with van der Waals surface area (Å²) in [5.41, 5.74) is 2.20. The van der Waals surface area contributed by atoms with Gasteiger partial charge in [-0.3, -0.25) is 14.7 Å². The zero-order valence-corrected chi connectivity index (χ0v) is 18.0. The van der Waals surface area contributed by atoms with Crippen molar-refractivity contribution in [2.45, 2.75) is 33.0 Å². The molecule has 0 spiro atoms. The van der Waals surface area contributed by atoms with Crippen molar-refractivity contribution >= 4 is 28.4 Å². The number of nitrogens with zero attached hydrogens (tertiary/aromatic N) is 4. The molecule has 7 nitrogen and oxygen atoms in total. The summed E-state index contributed by atoms with van der Waals surface area (Å²) in [5.74, 6) is -0.548. The van der Waals surface area contributed by atoms with E-state index in [-0.39, 0.29) is 23.8 Å². The van der Waals surface area contributed by atoms with E-state index < -0.39 is 0 Å². The van der Waals surface area contributed by atoms with E-state index in [9.17, 15) is 14.0 Å². The molecule has 3 amide bonds. The first-order valence-corrected chi connectivity index (χ1v) is 10.7. The Balaban J connectivity index is 1.46. The van der Waals surface area contributed by atoms with E-state index in [0.29, 0.717) is 35.3 Å². The Hall–Kier alpha value is -3.33. The first kappa shape index (κ1) is 20.9. The number of carbonyl (C=O) groups is 2. The van der Waals surface area contributed by atoms with E-state index in [4.69, 9.17) is 0 Å². The molecule has 3 aromatic rings. The van der Waals surface area contributed by atoms with Crippen LogP contribution in [0.2, 0.25) is 0 Å². The minimum absolute atomic E-state index is 0.0945. The summed E-state index contributed by atoms with van der Waals surface area (Å²) >= 11 is 1.20. The Morgan fingerprint density at radius 2 is 2.03 bits per heavy atom. The lowest BCUT2D eigenvalue weighted by Gasteiger charge is -2.17. The lowest BCUT2D eigenvalue weighted by molar-refractivity contribution is 0.0953. The zero-order valence-electron chi connectivity index (χ0n) is 17.2. The second kappa shape index (κ2) is 8.81. The summed E-state index contributed by atoms with van der Waals surface area (Å²) in [6.07, 6.45) is 1.68. The number of halogens is 1. The van der Waals surface area contributed by atoms with Crippen molar-refractivity contribution < 1.29 is 14.0 Å². The van der Waals surface area contributed by atoms with Crippen molar-refractivity contribution in [2.75, 3.05) is 11.4 Å². The third-order valence-corrected chi connectivity index (χ3v) is 6.20. The van der Waals surface area contributed by atoms with Gasteiger partial charge in [-0.15, -0.1) is 0 Å². The first-order valence-electron chi connectivity index (χ1n) is 9.90. The summed E-state index contributed by atoms with van der Waals surface area (Å²) in [4.78, 5) is 38.2. The molecule has 1 N–H and O–H groups in total. The highest BCUT2D eigenvalue weighted by atomic mass is 32.1. The summed E-state index contributed by atoms with van der Waals surface area (Å²) in [6, 6.07) is 11.4.